The van der Waals surface area contributed by atoms with Gasteiger partial charge in [-0.25, -0.2) is 0 Å². The van der Waals surface area contributed by atoms with Gasteiger partial charge in [-0.1, -0.05) is 35.9 Å². The fourth-order valence-electron chi connectivity index (χ4n) is 4.44. The highest BCUT2D eigenvalue weighted by Crippen LogP contribution is 2.29. The van der Waals surface area contributed by atoms with Crippen LogP contribution in [0.15, 0.2) is 53.3 Å². The molecule has 1 fully saturated rings. The summed E-state index contributed by atoms with van der Waals surface area (Å²) in [6.45, 7) is 3.46. The van der Waals surface area contributed by atoms with Gasteiger partial charge in [0.05, 0.1) is 5.69 Å². The van der Waals surface area contributed by atoms with Crippen LogP contribution in [0.2, 0.25) is 0 Å². The number of benzene rings is 2. The number of aromatic nitrogens is 3. The Kier molecular flexibility index (Phi) is 4.42. The number of carbonyl (C=O) groups excluding carboxylic acids is 1. The number of nitrogens with zero attached hydrogens (tertiary/aromatic N) is 4. The van der Waals surface area contributed by atoms with Crippen LogP contribution in [-0.4, -0.2) is 38.2 Å². The molecule has 152 valence electrons. The van der Waals surface area contributed by atoms with E-state index in [1.54, 1.807) is 0 Å². The van der Waals surface area contributed by atoms with Gasteiger partial charge in [-0.15, -0.1) is 0 Å². The molecule has 30 heavy (non-hydrogen) atoms. The van der Waals surface area contributed by atoms with E-state index in [1.165, 1.54) is 4.68 Å². The first-order chi connectivity index (χ1) is 14.6. The molecule has 1 aliphatic heterocycles. The van der Waals surface area contributed by atoms with E-state index in [0.29, 0.717) is 22.3 Å². The number of para-hydroxylation sites is 1. The number of rotatable bonds is 2. The van der Waals surface area contributed by atoms with E-state index in [1.807, 2.05) is 72.0 Å². The standard InChI is InChI=1S/C24H24N4O2/c1-16-10-12-17(13-11-16)28-24(30)22-20(18-8-4-5-9-19(18)26(22)2)21(25-28)23(29)27-14-6-3-7-15-27/h4-5,8-13H,3,6-7,14-15H2,1-2H3. The van der Waals surface area contributed by atoms with Gasteiger partial charge < -0.3 is 9.47 Å². The van der Waals surface area contributed by atoms with Gasteiger partial charge in [-0.05, 0) is 44.4 Å². The average Bonchev–Trinajstić information content (AvgIpc) is 3.08. The lowest BCUT2D eigenvalue weighted by molar-refractivity contribution is 0.0718. The van der Waals surface area contributed by atoms with Crippen LogP contribution >= 0.6 is 0 Å². The van der Waals surface area contributed by atoms with E-state index >= 15 is 0 Å². The van der Waals surface area contributed by atoms with Gasteiger partial charge in [-0.3, -0.25) is 9.59 Å². The van der Waals surface area contributed by atoms with Gasteiger partial charge in [0.25, 0.3) is 11.5 Å². The summed E-state index contributed by atoms with van der Waals surface area (Å²) >= 11 is 0. The number of carbonyl (C=O) groups is 1. The van der Waals surface area contributed by atoms with Gasteiger partial charge >= 0.3 is 0 Å². The van der Waals surface area contributed by atoms with E-state index in [0.717, 1.165) is 48.8 Å². The van der Waals surface area contributed by atoms with E-state index in [9.17, 15) is 9.59 Å². The first-order valence-electron chi connectivity index (χ1n) is 10.4. The molecule has 2 aromatic heterocycles. The lowest BCUT2D eigenvalue weighted by Crippen LogP contribution is -2.37. The Labute approximate surface area is 174 Å². The zero-order valence-corrected chi connectivity index (χ0v) is 17.3. The SMILES string of the molecule is Cc1ccc(-n2nc(C(=O)N3CCCCC3)c3c4ccccc4n(C)c3c2=O)cc1. The zero-order chi connectivity index (χ0) is 20.8. The summed E-state index contributed by atoms with van der Waals surface area (Å²) in [5, 5.41) is 6.17. The second kappa shape index (κ2) is 7.13. The smallest absolute Gasteiger partial charge is 0.296 e. The van der Waals surface area contributed by atoms with E-state index in [4.69, 9.17) is 0 Å². The van der Waals surface area contributed by atoms with E-state index < -0.39 is 0 Å². The molecule has 1 aliphatic rings. The van der Waals surface area contributed by atoms with Crippen LogP contribution in [-0.2, 0) is 7.05 Å². The highest BCUT2D eigenvalue weighted by atomic mass is 16.2. The number of aryl methyl sites for hydroxylation is 2. The summed E-state index contributed by atoms with van der Waals surface area (Å²) in [6.07, 6.45) is 3.15. The van der Waals surface area contributed by atoms with Crippen molar-refractivity contribution >= 4 is 27.7 Å². The predicted molar refractivity (Wildman–Crippen MR) is 118 cm³/mol. The molecular formula is C24H24N4O2. The summed E-state index contributed by atoms with van der Waals surface area (Å²) in [4.78, 5) is 28.9. The minimum Gasteiger partial charge on any atom is -0.339 e. The van der Waals surface area contributed by atoms with Crippen LogP contribution in [0.3, 0.4) is 0 Å². The highest BCUT2D eigenvalue weighted by Gasteiger charge is 2.27. The lowest BCUT2D eigenvalue weighted by atomic mass is 10.1. The molecule has 4 aromatic rings. The van der Waals surface area contributed by atoms with Gasteiger partial charge in [0.15, 0.2) is 5.69 Å². The molecule has 0 N–H and O–H groups in total. The summed E-state index contributed by atoms with van der Waals surface area (Å²) in [7, 11) is 1.88. The van der Waals surface area contributed by atoms with Crippen molar-refractivity contribution in [2.24, 2.45) is 7.05 Å². The predicted octanol–water partition coefficient (Wildman–Crippen LogP) is 3.81. The second-order valence-corrected chi connectivity index (χ2v) is 8.05. The quantitative estimate of drug-likeness (QED) is 0.514. The summed E-state index contributed by atoms with van der Waals surface area (Å²) in [5.41, 5.74) is 3.31. The maximum absolute atomic E-state index is 13.6. The maximum atomic E-state index is 13.6. The molecule has 0 aliphatic carbocycles. The Morgan fingerprint density at radius 3 is 2.40 bits per heavy atom. The lowest BCUT2D eigenvalue weighted by Gasteiger charge is -2.26. The topological polar surface area (TPSA) is 60.1 Å². The Morgan fingerprint density at radius 1 is 0.967 bits per heavy atom. The molecule has 6 heteroatoms. The molecule has 2 aromatic carbocycles. The van der Waals surface area contributed by atoms with Crippen LogP contribution in [0.4, 0.5) is 0 Å². The van der Waals surface area contributed by atoms with Crippen molar-refractivity contribution in [3.05, 3.63) is 70.1 Å². The molecule has 1 amide bonds. The third kappa shape index (κ3) is 2.83. The molecule has 3 heterocycles. The largest absolute Gasteiger partial charge is 0.339 e. The van der Waals surface area contributed by atoms with Crippen molar-refractivity contribution in [1.29, 1.82) is 0 Å². The normalized spacial score (nSPS) is 14.5. The molecule has 5 rings (SSSR count). The molecule has 0 saturated carbocycles. The fraction of sp³-hybridized carbons (Fsp3) is 0.292. The van der Waals surface area contributed by atoms with E-state index in [-0.39, 0.29) is 11.5 Å². The van der Waals surface area contributed by atoms with Crippen molar-refractivity contribution < 1.29 is 4.79 Å². The van der Waals surface area contributed by atoms with Crippen LogP contribution in [0, 0.1) is 6.92 Å². The summed E-state index contributed by atoms with van der Waals surface area (Å²) < 4.78 is 3.25. The third-order valence-corrected chi connectivity index (χ3v) is 6.06. The zero-order valence-electron chi connectivity index (χ0n) is 17.3. The van der Waals surface area contributed by atoms with Gasteiger partial charge in [0, 0.05) is 36.4 Å². The Hall–Kier alpha value is -3.41. The molecule has 0 radical (unpaired) electrons. The summed E-state index contributed by atoms with van der Waals surface area (Å²) in [6, 6.07) is 15.4. The molecular weight excluding hydrogens is 376 g/mol. The van der Waals surface area contributed by atoms with E-state index in [2.05, 4.69) is 5.10 Å². The van der Waals surface area contributed by atoms with Crippen molar-refractivity contribution in [1.82, 2.24) is 19.2 Å². The molecule has 0 unspecified atom stereocenters. The first kappa shape index (κ1) is 18.6. The molecule has 1 saturated heterocycles. The van der Waals surface area contributed by atoms with Crippen molar-refractivity contribution in [3.8, 4) is 5.69 Å². The Balaban J connectivity index is 1.85. The minimum atomic E-state index is -0.220. The monoisotopic (exact) mass is 400 g/mol. The number of likely N-dealkylation sites (tertiary alicyclic amines) is 1. The summed E-state index contributed by atoms with van der Waals surface area (Å²) in [5.74, 6) is -0.100. The molecule has 0 atom stereocenters. The average molecular weight is 400 g/mol. The van der Waals surface area contributed by atoms with Crippen molar-refractivity contribution in [2.75, 3.05) is 13.1 Å². The van der Waals surface area contributed by atoms with Gasteiger partial charge in [-0.2, -0.15) is 9.78 Å². The number of amides is 1. The maximum Gasteiger partial charge on any atom is 0.296 e. The Morgan fingerprint density at radius 2 is 1.67 bits per heavy atom. The third-order valence-electron chi connectivity index (χ3n) is 6.06. The second-order valence-electron chi connectivity index (χ2n) is 8.05. The van der Waals surface area contributed by atoms with Crippen LogP contribution in [0.1, 0.15) is 35.3 Å². The number of piperidine rings is 1. The Bertz CT molecular complexity index is 1330. The number of fused-ring (bicyclic) bond motifs is 3. The van der Waals surface area contributed by atoms with Crippen molar-refractivity contribution in [2.45, 2.75) is 26.2 Å². The van der Waals surface area contributed by atoms with Crippen molar-refractivity contribution in [3.63, 3.8) is 0 Å². The molecule has 0 bridgehead atoms. The fourth-order valence-corrected chi connectivity index (χ4v) is 4.44. The van der Waals surface area contributed by atoms with Crippen LogP contribution in [0.25, 0.3) is 27.5 Å². The minimum absolute atomic E-state index is 0.100. The van der Waals surface area contributed by atoms with Gasteiger partial charge in [0.2, 0.25) is 0 Å². The van der Waals surface area contributed by atoms with Crippen LogP contribution < -0.4 is 5.56 Å². The van der Waals surface area contributed by atoms with Crippen LogP contribution in [0.5, 0.6) is 0 Å². The molecule has 6 nitrogen and oxygen atoms in total. The number of hydrogen-bond acceptors (Lipinski definition) is 3. The van der Waals surface area contributed by atoms with Gasteiger partial charge in [0.1, 0.15) is 5.52 Å². The number of hydrogen-bond donors (Lipinski definition) is 0. The highest BCUT2D eigenvalue weighted by molar-refractivity contribution is 6.16. The molecule has 0 spiro atoms. The first-order valence-corrected chi connectivity index (χ1v) is 10.4.